The highest BCUT2D eigenvalue weighted by molar-refractivity contribution is 6.32. The summed E-state index contributed by atoms with van der Waals surface area (Å²) in [6.07, 6.45) is 1.36. The van der Waals surface area contributed by atoms with Gasteiger partial charge in [-0.25, -0.2) is 0 Å². The monoisotopic (exact) mass is 490 g/mol. The number of ether oxygens (including phenoxy) is 3. The lowest BCUT2D eigenvalue weighted by Crippen LogP contribution is -2.13. The molecule has 1 N–H and O–H groups in total. The fourth-order valence-electron chi connectivity index (χ4n) is 3.17. The number of benzene rings is 3. The van der Waals surface area contributed by atoms with Crippen molar-refractivity contribution in [1.82, 2.24) is 0 Å². The average Bonchev–Trinajstić information content (AvgIpc) is 2.85. The highest BCUT2D eigenvalue weighted by atomic mass is 35.5. The summed E-state index contributed by atoms with van der Waals surface area (Å²) >= 11 is 6.40. The number of anilines is 1. The average molecular weight is 491 g/mol. The number of nitrogens with zero attached hydrogens (tertiary/aromatic N) is 1. The number of rotatable bonds is 10. The molecule has 0 aliphatic rings. The Kier molecular flexibility index (Phi) is 9.16. The van der Waals surface area contributed by atoms with E-state index in [1.54, 1.807) is 36.4 Å². The lowest BCUT2D eigenvalue weighted by Gasteiger charge is -2.16. The molecule has 6 nitrogen and oxygen atoms in total. The predicted molar refractivity (Wildman–Crippen MR) is 138 cm³/mol. The van der Waals surface area contributed by atoms with Crippen molar-refractivity contribution in [2.45, 2.75) is 33.5 Å². The van der Waals surface area contributed by atoms with Gasteiger partial charge in [-0.05, 0) is 74.4 Å². The lowest BCUT2D eigenvalue weighted by molar-refractivity contribution is -0.112. The Labute approximate surface area is 210 Å². The topological polar surface area (TPSA) is 80.6 Å². The fraction of sp³-hybridized carbons (Fsp3) is 0.214. The van der Waals surface area contributed by atoms with E-state index in [1.165, 1.54) is 6.08 Å². The van der Waals surface area contributed by atoms with Gasteiger partial charge in [-0.15, -0.1) is 0 Å². The first kappa shape index (κ1) is 25.7. The Hall–Kier alpha value is -3.95. The summed E-state index contributed by atoms with van der Waals surface area (Å²) < 4.78 is 17.2. The maximum atomic E-state index is 12.7. The van der Waals surface area contributed by atoms with Crippen molar-refractivity contribution in [3.8, 4) is 23.3 Å². The van der Waals surface area contributed by atoms with Crippen LogP contribution in [0.1, 0.15) is 31.9 Å². The summed E-state index contributed by atoms with van der Waals surface area (Å²) in [5.74, 6) is 1.01. The molecule has 0 spiro atoms. The summed E-state index contributed by atoms with van der Waals surface area (Å²) in [5, 5.41) is 12.7. The van der Waals surface area contributed by atoms with Crippen LogP contribution in [0.15, 0.2) is 72.3 Å². The second-order valence-electron chi connectivity index (χ2n) is 7.85. The Morgan fingerprint density at radius 3 is 2.43 bits per heavy atom. The van der Waals surface area contributed by atoms with Crippen LogP contribution in [0.5, 0.6) is 17.2 Å². The van der Waals surface area contributed by atoms with Crippen molar-refractivity contribution in [3.05, 3.63) is 88.5 Å². The van der Waals surface area contributed by atoms with Crippen molar-refractivity contribution >= 4 is 29.3 Å². The second-order valence-corrected chi connectivity index (χ2v) is 8.26. The minimum absolute atomic E-state index is 0.0783. The first-order valence-electron chi connectivity index (χ1n) is 11.2. The van der Waals surface area contributed by atoms with E-state index in [4.69, 9.17) is 25.8 Å². The maximum absolute atomic E-state index is 12.7. The molecule has 35 heavy (non-hydrogen) atoms. The molecule has 0 fully saturated rings. The van der Waals surface area contributed by atoms with Crippen LogP contribution in [-0.4, -0.2) is 18.6 Å². The number of amides is 1. The molecule has 0 bridgehead atoms. The summed E-state index contributed by atoms with van der Waals surface area (Å²) in [4.78, 5) is 12.7. The summed E-state index contributed by atoms with van der Waals surface area (Å²) in [6.45, 7) is 6.48. The van der Waals surface area contributed by atoms with Crippen molar-refractivity contribution in [1.29, 1.82) is 5.26 Å². The summed E-state index contributed by atoms with van der Waals surface area (Å²) in [6, 6.07) is 22.1. The molecule has 3 rings (SSSR count). The van der Waals surface area contributed by atoms with Crippen molar-refractivity contribution in [2.75, 3.05) is 11.9 Å². The molecule has 0 atom stereocenters. The summed E-state index contributed by atoms with van der Waals surface area (Å²) in [5.41, 5.74) is 2.07. The van der Waals surface area contributed by atoms with Gasteiger partial charge in [0.1, 0.15) is 24.0 Å². The molecule has 1 amide bonds. The van der Waals surface area contributed by atoms with Crippen LogP contribution in [-0.2, 0) is 11.4 Å². The molecule has 0 saturated heterocycles. The standard InChI is InChI=1S/C28H27ClN2O4/c1-4-33-26-16-21(15-25(29)27(26)35-19(2)3)14-22(17-30)28(32)31-23-10-12-24(13-11-23)34-18-20-8-6-5-7-9-20/h5-16,19H,4,18H2,1-3H3,(H,31,32)/b22-14+. The zero-order valence-electron chi connectivity index (χ0n) is 19.9. The van der Waals surface area contributed by atoms with Gasteiger partial charge in [-0.2, -0.15) is 5.26 Å². The largest absolute Gasteiger partial charge is 0.490 e. The number of carbonyl (C=O) groups is 1. The van der Waals surface area contributed by atoms with Gasteiger partial charge < -0.3 is 19.5 Å². The minimum Gasteiger partial charge on any atom is -0.490 e. The van der Waals surface area contributed by atoms with E-state index in [-0.39, 0.29) is 11.7 Å². The molecular formula is C28H27ClN2O4. The number of carbonyl (C=O) groups excluding carboxylic acids is 1. The second kappa shape index (κ2) is 12.5. The van der Waals surface area contributed by atoms with E-state index in [0.717, 1.165) is 5.56 Å². The van der Waals surface area contributed by atoms with Crippen molar-refractivity contribution < 1.29 is 19.0 Å². The SMILES string of the molecule is CCOc1cc(/C=C(\C#N)C(=O)Nc2ccc(OCc3ccccc3)cc2)cc(Cl)c1OC(C)C. The molecular weight excluding hydrogens is 464 g/mol. The van der Waals surface area contributed by atoms with E-state index in [9.17, 15) is 10.1 Å². The Morgan fingerprint density at radius 1 is 1.09 bits per heavy atom. The highest BCUT2D eigenvalue weighted by Gasteiger charge is 2.15. The van der Waals surface area contributed by atoms with Gasteiger partial charge in [0.05, 0.1) is 17.7 Å². The van der Waals surface area contributed by atoms with Crippen LogP contribution in [0.2, 0.25) is 5.02 Å². The minimum atomic E-state index is -0.540. The van der Waals surface area contributed by atoms with Crippen LogP contribution in [0, 0.1) is 11.3 Å². The van der Waals surface area contributed by atoms with Crippen LogP contribution in [0.25, 0.3) is 6.08 Å². The molecule has 7 heteroatoms. The third kappa shape index (κ3) is 7.53. The number of hydrogen-bond donors (Lipinski definition) is 1. The molecule has 3 aromatic carbocycles. The fourth-order valence-corrected chi connectivity index (χ4v) is 3.44. The molecule has 0 aliphatic carbocycles. The molecule has 0 aromatic heterocycles. The third-order valence-corrected chi connectivity index (χ3v) is 5.00. The number of nitriles is 1. The Bertz CT molecular complexity index is 1220. The van der Waals surface area contributed by atoms with Gasteiger partial charge >= 0.3 is 0 Å². The maximum Gasteiger partial charge on any atom is 0.266 e. The van der Waals surface area contributed by atoms with Gasteiger partial charge in [0.15, 0.2) is 11.5 Å². The Balaban J connectivity index is 1.71. The lowest BCUT2D eigenvalue weighted by atomic mass is 10.1. The normalized spacial score (nSPS) is 11.0. The molecule has 0 saturated carbocycles. The predicted octanol–water partition coefficient (Wildman–Crippen LogP) is 6.65. The van der Waals surface area contributed by atoms with E-state index in [1.807, 2.05) is 57.2 Å². The van der Waals surface area contributed by atoms with Gasteiger partial charge in [0.25, 0.3) is 5.91 Å². The van der Waals surface area contributed by atoms with E-state index in [2.05, 4.69) is 5.32 Å². The number of hydrogen-bond acceptors (Lipinski definition) is 5. The molecule has 3 aromatic rings. The van der Waals surface area contributed by atoms with Gasteiger partial charge in [-0.3, -0.25) is 4.79 Å². The van der Waals surface area contributed by atoms with Crippen LogP contribution in [0.4, 0.5) is 5.69 Å². The quantitative estimate of drug-likeness (QED) is 0.254. The van der Waals surface area contributed by atoms with Crippen LogP contribution >= 0.6 is 11.6 Å². The van der Waals surface area contributed by atoms with E-state index >= 15 is 0 Å². The smallest absolute Gasteiger partial charge is 0.266 e. The molecule has 0 unspecified atom stereocenters. The van der Waals surface area contributed by atoms with Gasteiger partial charge in [-0.1, -0.05) is 41.9 Å². The van der Waals surface area contributed by atoms with Gasteiger partial charge in [0.2, 0.25) is 0 Å². The van der Waals surface area contributed by atoms with E-state index < -0.39 is 5.91 Å². The zero-order chi connectivity index (χ0) is 25.2. The molecule has 0 radical (unpaired) electrons. The zero-order valence-corrected chi connectivity index (χ0v) is 20.6. The highest BCUT2D eigenvalue weighted by Crippen LogP contribution is 2.38. The third-order valence-electron chi connectivity index (χ3n) is 4.72. The first-order chi connectivity index (χ1) is 16.9. The first-order valence-corrected chi connectivity index (χ1v) is 11.6. The van der Waals surface area contributed by atoms with Crippen LogP contribution in [0.3, 0.4) is 0 Å². The summed E-state index contributed by atoms with van der Waals surface area (Å²) in [7, 11) is 0. The molecule has 180 valence electrons. The number of nitrogens with one attached hydrogen (secondary N) is 1. The van der Waals surface area contributed by atoms with Crippen molar-refractivity contribution in [2.24, 2.45) is 0 Å². The molecule has 0 aliphatic heterocycles. The molecule has 0 heterocycles. The van der Waals surface area contributed by atoms with Gasteiger partial charge in [0, 0.05) is 5.69 Å². The Morgan fingerprint density at radius 2 is 1.80 bits per heavy atom. The van der Waals surface area contributed by atoms with Crippen LogP contribution < -0.4 is 19.5 Å². The number of halogens is 1. The van der Waals surface area contributed by atoms with Crippen molar-refractivity contribution in [3.63, 3.8) is 0 Å². The van der Waals surface area contributed by atoms with E-state index in [0.29, 0.717) is 46.7 Å².